The molecular weight excluding hydrogens is 390 g/mol. The van der Waals surface area contributed by atoms with Crippen LogP contribution in [0.25, 0.3) is 0 Å². The van der Waals surface area contributed by atoms with Gasteiger partial charge in [-0.2, -0.15) is 0 Å². The zero-order valence-electron chi connectivity index (χ0n) is 15.2. The summed E-state index contributed by atoms with van der Waals surface area (Å²) in [5.41, 5.74) is 0.870. The molecule has 2 aromatic carbocycles. The van der Waals surface area contributed by atoms with E-state index in [-0.39, 0.29) is 26.8 Å². The third-order valence-corrected chi connectivity index (χ3v) is 6.05. The molecule has 0 aromatic heterocycles. The van der Waals surface area contributed by atoms with Gasteiger partial charge in [-0.3, -0.25) is 4.72 Å². The van der Waals surface area contributed by atoms with E-state index < -0.39 is 16.0 Å². The number of carbonyl (C=O) groups is 1. The molecule has 6 nitrogen and oxygen atoms in total. The number of benzene rings is 2. The molecule has 0 unspecified atom stereocenters. The summed E-state index contributed by atoms with van der Waals surface area (Å²) in [4.78, 5) is 11.8. The summed E-state index contributed by atoms with van der Waals surface area (Å²) in [6, 6.07) is 9.00. The molecule has 1 N–H and O–H groups in total. The Balaban J connectivity index is 1.91. The number of hydrogen-bond donors (Lipinski definition) is 1. The monoisotopic (exact) mass is 409 g/mol. The van der Waals surface area contributed by atoms with Crippen LogP contribution < -0.4 is 9.46 Å². The van der Waals surface area contributed by atoms with Gasteiger partial charge in [0.05, 0.1) is 28.3 Å². The number of nitrogens with one attached hydrogen (secondary N) is 1. The zero-order valence-corrected chi connectivity index (χ0v) is 16.8. The highest BCUT2D eigenvalue weighted by Gasteiger charge is 2.28. The summed E-state index contributed by atoms with van der Waals surface area (Å²) in [6.45, 7) is 4.00. The number of hydrogen-bond acceptors (Lipinski definition) is 5. The number of halogens is 1. The van der Waals surface area contributed by atoms with Crippen LogP contribution in [-0.4, -0.2) is 27.1 Å². The Hall–Kier alpha value is -2.25. The molecule has 0 saturated heterocycles. The number of rotatable bonds is 4. The molecule has 0 fully saturated rings. The standard InChI is InChI=1S/C19H20ClNO5S/c1-19(2)9-8-12-10-14(5-7-17(12)26-19)27(23,24)21-16-11-13(18(22)25-3)4-6-15(16)20/h4-7,10-11,21H,8-9H2,1-3H3. The Morgan fingerprint density at radius 3 is 2.67 bits per heavy atom. The van der Waals surface area contributed by atoms with E-state index in [1.807, 2.05) is 13.8 Å². The van der Waals surface area contributed by atoms with Crippen molar-refractivity contribution in [2.75, 3.05) is 11.8 Å². The van der Waals surface area contributed by atoms with Gasteiger partial charge in [-0.25, -0.2) is 13.2 Å². The van der Waals surface area contributed by atoms with Crippen LogP contribution >= 0.6 is 11.6 Å². The van der Waals surface area contributed by atoms with E-state index in [1.54, 1.807) is 12.1 Å². The van der Waals surface area contributed by atoms with Gasteiger partial charge in [-0.15, -0.1) is 0 Å². The van der Waals surface area contributed by atoms with Gasteiger partial charge in [-0.05, 0) is 68.7 Å². The van der Waals surface area contributed by atoms with Crippen LogP contribution in [0.3, 0.4) is 0 Å². The second-order valence-electron chi connectivity index (χ2n) is 6.92. The van der Waals surface area contributed by atoms with E-state index in [0.717, 1.165) is 18.4 Å². The third kappa shape index (κ3) is 4.20. The van der Waals surface area contributed by atoms with Crippen LogP contribution in [0, 0.1) is 0 Å². The van der Waals surface area contributed by atoms with Crippen molar-refractivity contribution in [2.45, 2.75) is 37.2 Å². The average Bonchev–Trinajstić information content (AvgIpc) is 2.61. The van der Waals surface area contributed by atoms with Crippen LogP contribution in [0.1, 0.15) is 36.2 Å². The highest BCUT2D eigenvalue weighted by Crippen LogP contribution is 2.35. The summed E-state index contributed by atoms with van der Waals surface area (Å²) in [6.07, 6.45) is 1.52. The maximum atomic E-state index is 12.8. The molecule has 0 spiro atoms. The molecule has 144 valence electrons. The smallest absolute Gasteiger partial charge is 0.337 e. The van der Waals surface area contributed by atoms with Gasteiger partial charge >= 0.3 is 5.97 Å². The molecule has 0 aliphatic carbocycles. The van der Waals surface area contributed by atoms with Crippen molar-refractivity contribution in [3.05, 3.63) is 52.5 Å². The predicted molar refractivity (Wildman–Crippen MR) is 103 cm³/mol. The van der Waals surface area contributed by atoms with Gasteiger partial charge in [0.25, 0.3) is 10.0 Å². The van der Waals surface area contributed by atoms with Gasteiger partial charge in [0, 0.05) is 0 Å². The number of ether oxygens (including phenoxy) is 2. The number of fused-ring (bicyclic) bond motifs is 1. The number of aryl methyl sites for hydroxylation is 1. The topological polar surface area (TPSA) is 81.7 Å². The first-order valence-electron chi connectivity index (χ1n) is 8.34. The summed E-state index contributed by atoms with van der Waals surface area (Å²) >= 11 is 6.09. The fourth-order valence-corrected chi connectivity index (χ4v) is 4.20. The molecule has 1 aliphatic heterocycles. The van der Waals surface area contributed by atoms with E-state index in [9.17, 15) is 13.2 Å². The minimum atomic E-state index is -3.89. The Kier molecular flexibility index (Phi) is 5.10. The van der Waals surface area contributed by atoms with E-state index in [4.69, 9.17) is 16.3 Å². The summed E-state index contributed by atoms with van der Waals surface area (Å²) in [7, 11) is -2.64. The second kappa shape index (κ2) is 7.05. The lowest BCUT2D eigenvalue weighted by Crippen LogP contribution is -2.32. The van der Waals surface area contributed by atoms with Gasteiger partial charge in [0.2, 0.25) is 0 Å². The first kappa shape index (κ1) is 19.5. The molecule has 8 heteroatoms. The minimum absolute atomic E-state index is 0.101. The van der Waals surface area contributed by atoms with Crippen molar-refractivity contribution in [3.8, 4) is 5.75 Å². The lowest BCUT2D eigenvalue weighted by molar-refractivity contribution is 0.0600. The molecule has 1 aliphatic rings. The summed E-state index contributed by atoms with van der Waals surface area (Å²) in [5, 5.41) is 0.175. The first-order valence-corrected chi connectivity index (χ1v) is 10.2. The van der Waals surface area contributed by atoms with Gasteiger partial charge < -0.3 is 9.47 Å². The molecule has 0 saturated carbocycles. The summed E-state index contributed by atoms with van der Waals surface area (Å²) in [5.74, 6) is 0.108. The van der Waals surface area contributed by atoms with Crippen molar-refractivity contribution in [1.82, 2.24) is 0 Å². The fourth-order valence-electron chi connectivity index (χ4n) is 2.85. The van der Waals surface area contributed by atoms with Gasteiger partial charge in [0.15, 0.2) is 0 Å². The van der Waals surface area contributed by atoms with E-state index in [2.05, 4.69) is 9.46 Å². The number of esters is 1. The number of carbonyl (C=O) groups excluding carboxylic acids is 1. The largest absolute Gasteiger partial charge is 0.488 e. The maximum absolute atomic E-state index is 12.8. The third-order valence-electron chi connectivity index (χ3n) is 4.36. The zero-order chi connectivity index (χ0) is 19.8. The van der Waals surface area contributed by atoms with Crippen LogP contribution in [0.2, 0.25) is 5.02 Å². The van der Waals surface area contributed by atoms with E-state index in [0.29, 0.717) is 5.75 Å². The van der Waals surface area contributed by atoms with E-state index in [1.165, 1.54) is 31.4 Å². The molecule has 1 heterocycles. The quantitative estimate of drug-likeness (QED) is 0.771. The fraction of sp³-hybridized carbons (Fsp3) is 0.316. The van der Waals surface area contributed by atoms with Gasteiger partial charge in [0.1, 0.15) is 11.4 Å². The summed E-state index contributed by atoms with van der Waals surface area (Å²) < 4.78 is 38.6. The molecule has 27 heavy (non-hydrogen) atoms. The number of anilines is 1. The molecular formula is C19H20ClNO5S. The van der Waals surface area contributed by atoms with Crippen LogP contribution in [-0.2, 0) is 21.2 Å². The molecule has 2 aromatic rings. The Labute approximate surface area is 163 Å². The second-order valence-corrected chi connectivity index (χ2v) is 9.01. The minimum Gasteiger partial charge on any atom is -0.488 e. The SMILES string of the molecule is COC(=O)c1ccc(Cl)c(NS(=O)(=O)c2ccc3c(c2)CCC(C)(C)O3)c1. The van der Waals surface area contributed by atoms with Crippen molar-refractivity contribution < 1.29 is 22.7 Å². The highest BCUT2D eigenvalue weighted by atomic mass is 35.5. The lowest BCUT2D eigenvalue weighted by Gasteiger charge is -2.32. The molecule has 0 bridgehead atoms. The highest BCUT2D eigenvalue weighted by molar-refractivity contribution is 7.92. The van der Waals surface area contributed by atoms with Crippen LogP contribution in [0.4, 0.5) is 5.69 Å². The molecule has 0 atom stereocenters. The first-order chi connectivity index (χ1) is 12.6. The van der Waals surface area contributed by atoms with Crippen molar-refractivity contribution in [3.63, 3.8) is 0 Å². The average molecular weight is 410 g/mol. The van der Waals surface area contributed by atoms with Crippen LogP contribution in [0.15, 0.2) is 41.3 Å². The lowest BCUT2D eigenvalue weighted by atomic mass is 9.94. The van der Waals surface area contributed by atoms with Gasteiger partial charge in [-0.1, -0.05) is 11.6 Å². The molecule has 3 rings (SSSR count). The Morgan fingerprint density at radius 2 is 1.96 bits per heavy atom. The van der Waals surface area contributed by atoms with Crippen molar-refractivity contribution in [1.29, 1.82) is 0 Å². The normalized spacial score (nSPS) is 15.4. The Bertz CT molecular complexity index is 1000. The van der Waals surface area contributed by atoms with Crippen molar-refractivity contribution in [2.24, 2.45) is 0 Å². The predicted octanol–water partition coefficient (Wildman–Crippen LogP) is 4.03. The van der Waals surface area contributed by atoms with E-state index >= 15 is 0 Å². The van der Waals surface area contributed by atoms with Crippen LogP contribution in [0.5, 0.6) is 5.75 Å². The number of methoxy groups -OCH3 is 1. The van der Waals surface area contributed by atoms with Crippen molar-refractivity contribution >= 4 is 33.3 Å². The molecule has 0 radical (unpaired) electrons. The molecule has 0 amide bonds. The Morgan fingerprint density at radius 1 is 1.22 bits per heavy atom. The number of sulfonamides is 1. The maximum Gasteiger partial charge on any atom is 0.337 e.